The molecule has 142 valence electrons. The Morgan fingerprint density at radius 1 is 1.07 bits per heavy atom. The Morgan fingerprint density at radius 2 is 1.81 bits per heavy atom. The lowest BCUT2D eigenvalue weighted by Crippen LogP contribution is -2.35. The van der Waals surface area contributed by atoms with Gasteiger partial charge in [0.2, 0.25) is 0 Å². The number of hydrogen-bond acceptors (Lipinski definition) is 3. The van der Waals surface area contributed by atoms with Gasteiger partial charge in [0.15, 0.2) is 0 Å². The summed E-state index contributed by atoms with van der Waals surface area (Å²) in [6, 6.07) is 17.1. The first-order valence-electron chi connectivity index (χ1n) is 9.49. The summed E-state index contributed by atoms with van der Waals surface area (Å²) in [4.78, 5) is 25.5. The van der Waals surface area contributed by atoms with Crippen LogP contribution < -0.4 is 5.32 Å². The topological polar surface area (TPSA) is 69.6 Å². The van der Waals surface area contributed by atoms with Crippen LogP contribution >= 0.6 is 0 Å². The van der Waals surface area contributed by atoms with E-state index in [-0.39, 0.29) is 12.3 Å². The zero-order valence-corrected chi connectivity index (χ0v) is 15.4. The second kappa shape index (κ2) is 9.33. The van der Waals surface area contributed by atoms with Crippen LogP contribution in [0.2, 0.25) is 0 Å². The van der Waals surface area contributed by atoms with Crippen molar-refractivity contribution in [3.05, 3.63) is 65.7 Å². The van der Waals surface area contributed by atoms with E-state index in [0.717, 1.165) is 44.6 Å². The van der Waals surface area contributed by atoms with E-state index in [2.05, 4.69) is 10.2 Å². The maximum Gasteiger partial charge on any atom is 0.303 e. The van der Waals surface area contributed by atoms with Crippen molar-refractivity contribution >= 4 is 17.6 Å². The molecule has 2 N–H and O–H groups in total. The quantitative estimate of drug-likeness (QED) is 0.777. The Labute approximate surface area is 160 Å². The Kier molecular flexibility index (Phi) is 6.60. The average molecular weight is 366 g/mol. The highest BCUT2D eigenvalue weighted by atomic mass is 16.4. The number of carbonyl (C=O) groups is 2. The summed E-state index contributed by atoms with van der Waals surface area (Å²) in [6.07, 6.45) is 3.23. The van der Waals surface area contributed by atoms with Gasteiger partial charge in [-0.05, 0) is 61.6 Å². The number of piperidine rings is 1. The highest BCUT2D eigenvalue weighted by Crippen LogP contribution is 2.22. The molecule has 27 heavy (non-hydrogen) atoms. The van der Waals surface area contributed by atoms with Gasteiger partial charge in [0.25, 0.3) is 5.91 Å². The largest absolute Gasteiger partial charge is 0.481 e. The molecule has 1 atom stereocenters. The Morgan fingerprint density at radius 3 is 2.52 bits per heavy atom. The first-order valence-corrected chi connectivity index (χ1v) is 9.49. The number of benzene rings is 2. The number of anilines is 1. The summed E-state index contributed by atoms with van der Waals surface area (Å²) in [5, 5.41) is 11.8. The van der Waals surface area contributed by atoms with Crippen LogP contribution in [0.4, 0.5) is 5.69 Å². The number of hydrogen-bond donors (Lipinski definition) is 2. The molecule has 1 unspecified atom stereocenters. The normalized spacial score (nSPS) is 17.4. The van der Waals surface area contributed by atoms with E-state index in [9.17, 15) is 9.59 Å². The molecule has 1 aliphatic rings. The fourth-order valence-electron chi connectivity index (χ4n) is 3.60. The minimum absolute atomic E-state index is 0.112. The van der Waals surface area contributed by atoms with Crippen molar-refractivity contribution in [3.63, 3.8) is 0 Å². The second-order valence-corrected chi connectivity index (χ2v) is 7.19. The number of aliphatic carboxylic acids is 1. The van der Waals surface area contributed by atoms with Crippen molar-refractivity contribution in [1.29, 1.82) is 0 Å². The number of para-hydroxylation sites is 1. The number of carboxylic acids is 1. The summed E-state index contributed by atoms with van der Waals surface area (Å²) in [5.74, 6) is -0.360. The third kappa shape index (κ3) is 5.93. The van der Waals surface area contributed by atoms with Crippen LogP contribution in [0.15, 0.2) is 54.6 Å². The van der Waals surface area contributed by atoms with Crippen LogP contribution in [0, 0.1) is 5.92 Å². The van der Waals surface area contributed by atoms with E-state index in [4.69, 9.17) is 5.11 Å². The van der Waals surface area contributed by atoms with Crippen LogP contribution in [0.5, 0.6) is 0 Å². The van der Waals surface area contributed by atoms with Crippen molar-refractivity contribution in [2.24, 2.45) is 5.92 Å². The summed E-state index contributed by atoms with van der Waals surface area (Å²) < 4.78 is 0. The van der Waals surface area contributed by atoms with Crippen LogP contribution in [0.1, 0.15) is 41.6 Å². The number of carbonyl (C=O) groups excluding carboxylic acids is 1. The van der Waals surface area contributed by atoms with Gasteiger partial charge in [-0.3, -0.25) is 14.5 Å². The lowest BCUT2D eigenvalue weighted by atomic mass is 9.93. The fraction of sp³-hybridized carbons (Fsp3) is 0.364. The minimum Gasteiger partial charge on any atom is -0.481 e. The molecule has 1 fully saturated rings. The minimum atomic E-state index is -0.712. The van der Waals surface area contributed by atoms with Crippen molar-refractivity contribution in [2.75, 3.05) is 18.4 Å². The van der Waals surface area contributed by atoms with Crippen LogP contribution in [0.25, 0.3) is 0 Å². The van der Waals surface area contributed by atoms with Crippen molar-refractivity contribution in [3.8, 4) is 0 Å². The third-order valence-electron chi connectivity index (χ3n) is 5.02. The molecule has 2 aromatic carbocycles. The molecule has 3 rings (SSSR count). The smallest absolute Gasteiger partial charge is 0.303 e. The van der Waals surface area contributed by atoms with Crippen LogP contribution in [-0.2, 0) is 11.3 Å². The lowest BCUT2D eigenvalue weighted by molar-refractivity contribution is -0.137. The summed E-state index contributed by atoms with van der Waals surface area (Å²) >= 11 is 0. The molecule has 0 bridgehead atoms. The van der Waals surface area contributed by atoms with Gasteiger partial charge in [-0.2, -0.15) is 0 Å². The van der Waals surface area contributed by atoms with E-state index in [1.807, 2.05) is 54.6 Å². The van der Waals surface area contributed by atoms with E-state index in [1.54, 1.807) is 0 Å². The maximum absolute atomic E-state index is 12.3. The monoisotopic (exact) mass is 366 g/mol. The molecular formula is C22H26N2O3. The molecule has 0 aliphatic carbocycles. The highest BCUT2D eigenvalue weighted by Gasteiger charge is 2.20. The predicted octanol–water partition coefficient (Wildman–Crippen LogP) is 4.02. The van der Waals surface area contributed by atoms with E-state index >= 15 is 0 Å². The fourth-order valence-corrected chi connectivity index (χ4v) is 3.60. The third-order valence-corrected chi connectivity index (χ3v) is 5.02. The number of carboxylic acid groups (broad SMARTS) is 1. The second-order valence-electron chi connectivity index (χ2n) is 7.19. The molecule has 0 saturated carbocycles. The molecule has 0 aromatic heterocycles. The zero-order valence-electron chi connectivity index (χ0n) is 15.4. The Hall–Kier alpha value is -2.66. The molecule has 1 aliphatic heterocycles. The first-order chi connectivity index (χ1) is 13.1. The van der Waals surface area contributed by atoms with Crippen molar-refractivity contribution in [1.82, 2.24) is 4.90 Å². The SMILES string of the molecule is O=C(O)CCC1CCCN(Cc2ccc(C(=O)Nc3ccccc3)cc2)C1. The predicted molar refractivity (Wildman–Crippen MR) is 106 cm³/mol. The number of likely N-dealkylation sites (tertiary alicyclic amines) is 1. The molecule has 0 spiro atoms. The van der Waals surface area contributed by atoms with Gasteiger partial charge in [-0.25, -0.2) is 0 Å². The molecular weight excluding hydrogens is 340 g/mol. The Balaban J connectivity index is 1.52. The molecule has 1 amide bonds. The van der Waals surface area contributed by atoms with Gasteiger partial charge in [-0.1, -0.05) is 30.3 Å². The van der Waals surface area contributed by atoms with Crippen molar-refractivity contribution < 1.29 is 14.7 Å². The number of nitrogens with one attached hydrogen (secondary N) is 1. The number of nitrogens with zero attached hydrogens (tertiary/aromatic N) is 1. The van der Waals surface area contributed by atoms with Gasteiger partial charge >= 0.3 is 5.97 Å². The number of amides is 1. The number of rotatable bonds is 7. The standard InChI is InChI=1S/C22H26N2O3/c25-21(26)13-10-17-5-4-14-24(15-17)16-18-8-11-19(12-9-18)22(27)23-20-6-2-1-3-7-20/h1-3,6-9,11-12,17H,4-5,10,13-16H2,(H,23,27)(H,25,26). The first kappa shape index (κ1) is 19.1. The molecule has 5 nitrogen and oxygen atoms in total. The molecule has 2 aromatic rings. The van der Waals surface area contributed by atoms with Gasteiger partial charge < -0.3 is 10.4 Å². The van der Waals surface area contributed by atoms with Crippen LogP contribution in [-0.4, -0.2) is 35.0 Å². The molecule has 0 radical (unpaired) electrons. The summed E-state index contributed by atoms with van der Waals surface area (Å²) in [6.45, 7) is 2.83. The Bertz CT molecular complexity index is 759. The molecule has 5 heteroatoms. The molecule has 1 heterocycles. The van der Waals surface area contributed by atoms with Gasteiger partial charge in [-0.15, -0.1) is 0 Å². The maximum atomic E-state index is 12.3. The summed E-state index contributed by atoms with van der Waals surface area (Å²) in [7, 11) is 0. The van der Waals surface area contributed by atoms with Gasteiger partial charge in [0.05, 0.1) is 0 Å². The highest BCUT2D eigenvalue weighted by molar-refractivity contribution is 6.04. The lowest BCUT2D eigenvalue weighted by Gasteiger charge is -2.32. The summed E-state index contributed by atoms with van der Waals surface area (Å²) in [5.41, 5.74) is 2.60. The molecule has 1 saturated heterocycles. The van der Waals surface area contributed by atoms with E-state index in [0.29, 0.717) is 11.5 Å². The average Bonchev–Trinajstić information content (AvgIpc) is 2.68. The van der Waals surface area contributed by atoms with Crippen LogP contribution in [0.3, 0.4) is 0 Å². The van der Waals surface area contributed by atoms with Gasteiger partial charge in [0, 0.05) is 30.8 Å². The van der Waals surface area contributed by atoms with Gasteiger partial charge in [0.1, 0.15) is 0 Å². The van der Waals surface area contributed by atoms with E-state index in [1.165, 1.54) is 5.56 Å². The zero-order chi connectivity index (χ0) is 19.1. The van der Waals surface area contributed by atoms with Crippen molar-refractivity contribution in [2.45, 2.75) is 32.2 Å². The van der Waals surface area contributed by atoms with E-state index < -0.39 is 5.97 Å².